The molecule has 1 aromatic rings. The van der Waals surface area contributed by atoms with Gasteiger partial charge >= 0.3 is 0 Å². The summed E-state index contributed by atoms with van der Waals surface area (Å²) in [6, 6.07) is 6.56. The van der Waals surface area contributed by atoms with Crippen LogP contribution in [-0.4, -0.2) is 36.6 Å². The Kier molecular flexibility index (Phi) is 4.77. The second-order valence-electron chi connectivity index (χ2n) is 6.64. The average Bonchev–Trinajstić information content (AvgIpc) is 2.37. The van der Waals surface area contributed by atoms with Crippen LogP contribution in [0.2, 0.25) is 0 Å². The number of benzene rings is 1. The maximum absolute atomic E-state index is 5.94. The molecular weight excluding hydrogens is 314 g/mol. The van der Waals surface area contributed by atoms with Gasteiger partial charge in [-0.15, -0.1) is 0 Å². The molecular formula is C16H26BrN3. The van der Waals surface area contributed by atoms with Gasteiger partial charge < -0.3 is 10.6 Å². The van der Waals surface area contributed by atoms with E-state index < -0.39 is 0 Å². The fourth-order valence-electron chi connectivity index (χ4n) is 2.68. The van der Waals surface area contributed by atoms with Crippen molar-refractivity contribution in [1.82, 2.24) is 4.90 Å². The van der Waals surface area contributed by atoms with Crippen LogP contribution in [0.5, 0.6) is 0 Å². The molecule has 1 atom stereocenters. The maximum atomic E-state index is 5.94. The van der Waals surface area contributed by atoms with Crippen molar-refractivity contribution in [3.8, 4) is 0 Å². The van der Waals surface area contributed by atoms with Gasteiger partial charge in [-0.2, -0.15) is 0 Å². The molecule has 112 valence electrons. The number of nitrogens with zero attached hydrogens (tertiary/aromatic N) is 2. The monoisotopic (exact) mass is 339 g/mol. The summed E-state index contributed by atoms with van der Waals surface area (Å²) in [5.41, 5.74) is 8.66. The average molecular weight is 340 g/mol. The van der Waals surface area contributed by atoms with Gasteiger partial charge in [-0.1, -0.05) is 6.07 Å². The Labute approximate surface area is 131 Å². The van der Waals surface area contributed by atoms with E-state index in [-0.39, 0.29) is 11.6 Å². The molecule has 0 saturated carbocycles. The lowest BCUT2D eigenvalue weighted by Crippen LogP contribution is -2.53. The molecule has 3 nitrogen and oxygen atoms in total. The predicted molar refractivity (Wildman–Crippen MR) is 90.3 cm³/mol. The SMILES string of the molecule is C[C@@H](N)c1ccc(N2CCN(C(C)(C)C)CC2)c(Br)c1. The third-order valence-corrected chi connectivity index (χ3v) is 4.70. The van der Waals surface area contributed by atoms with Crippen molar-refractivity contribution in [3.63, 3.8) is 0 Å². The molecule has 1 fully saturated rings. The van der Waals surface area contributed by atoms with Crippen molar-refractivity contribution < 1.29 is 0 Å². The first-order chi connectivity index (χ1) is 9.29. The van der Waals surface area contributed by atoms with E-state index in [1.807, 2.05) is 6.92 Å². The summed E-state index contributed by atoms with van der Waals surface area (Å²) in [6.45, 7) is 13.3. The quantitative estimate of drug-likeness (QED) is 0.896. The van der Waals surface area contributed by atoms with Crippen LogP contribution in [0.4, 0.5) is 5.69 Å². The Hall–Kier alpha value is -0.580. The highest BCUT2D eigenvalue weighted by atomic mass is 79.9. The van der Waals surface area contributed by atoms with Crippen molar-refractivity contribution in [1.29, 1.82) is 0 Å². The van der Waals surface area contributed by atoms with Gasteiger partial charge in [0.2, 0.25) is 0 Å². The fourth-order valence-corrected chi connectivity index (χ4v) is 3.33. The molecule has 1 heterocycles. The number of rotatable bonds is 2. The first kappa shape index (κ1) is 15.8. The number of anilines is 1. The number of hydrogen-bond acceptors (Lipinski definition) is 3. The molecule has 0 amide bonds. The van der Waals surface area contributed by atoms with Crippen molar-refractivity contribution in [2.24, 2.45) is 5.73 Å². The Bertz CT molecular complexity index is 457. The van der Waals surface area contributed by atoms with Crippen LogP contribution in [0, 0.1) is 0 Å². The van der Waals surface area contributed by atoms with Crippen LogP contribution in [0.3, 0.4) is 0 Å². The summed E-state index contributed by atoms with van der Waals surface area (Å²) in [4.78, 5) is 5.00. The highest BCUT2D eigenvalue weighted by Crippen LogP contribution is 2.30. The summed E-state index contributed by atoms with van der Waals surface area (Å²) in [5, 5.41) is 0. The van der Waals surface area contributed by atoms with E-state index in [4.69, 9.17) is 5.73 Å². The molecule has 4 heteroatoms. The van der Waals surface area contributed by atoms with Crippen LogP contribution in [0.25, 0.3) is 0 Å². The lowest BCUT2D eigenvalue weighted by Gasteiger charge is -2.43. The van der Waals surface area contributed by atoms with E-state index in [1.165, 1.54) is 11.3 Å². The molecule has 1 aliphatic heterocycles. The molecule has 0 unspecified atom stereocenters. The largest absolute Gasteiger partial charge is 0.368 e. The van der Waals surface area contributed by atoms with Gasteiger partial charge in [0.1, 0.15) is 0 Å². The minimum atomic E-state index is 0.0816. The van der Waals surface area contributed by atoms with Gasteiger partial charge in [-0.3, -0.25) is 4.90 Å². The number of hydrogen-bond donors (Lipinski definition) is 1. The Morgan fingerprint density at radius 3 is 2.20 bits per heavy atom. The van der Waals surface area contributed by atoms with Crippen LogP contribution in [-0.2, 0) is 0 Å². The van der Waals surface area contributed by atoms with E-state index in [1.54, 1.807) is 0 Å². The summed E-state index contributed by atoms with van der Waals surface area (Å²) < 4.78 is 1.15. The smallest absolute Gasteiger partial charge is 0.0511 e. The van der Waals surface area contributed by atoms with Crippen molar-refractivity contribution in [3.05, 3.63) is 28.2 Å². The molecule has 1 aromatic carbocycles. The second-order valence-corrected chi connectivity index (χ2v) is 7.50. The van der Waals surface area contributed by atoms with Crippen molar-refractivity contribution in [2.45, 2.75) is 39.3 Å². The maximum Gasteiger partial charge on any atom is 0.0511 e. The molecule has 2 rings (SSSR count). The Morgan fingerprint density at radius 1 is 1.15 bits per heavy atom. The summed E-state index contributed by atoms with van der Waals surface area (Å²) in [6.07, 6.45) is 0. The minimum absolute atomic E-state index is 0.0816. The first-order valence-electron chi connectivity index (χ1n) is 7.34. The lowest BCUT2D eigenvalue weighted by molar-refractivity contribution is 0.128. The molecule has 0 aromatic heterocycles. The van der Waals surface area contributed by atoms with Crippen LogP contribution < -0.4 is 10.6 Å². The van der Waals surface area contributed by atoms with Gasteiger partial charge in [0.15, 0.2) is 0 Å². The molecule has 1 aliphatic rings. The van der Waals surface area contributed by atoms with E-state index in [0.29, 0.717) is 0 Å². The topological polar surface area (TPSA) is 32.5 Å². The number of halogens is 1. The van der Waals surface area contributed by atoms with E-state index in [0.717, 1.165) is 30.7 Å². The highest BCUT2D eigenvalue weighted by Gasteiger charge is 2.26. The van der Waals surface area contributed by atoms with E-state index >= 15 is 0 Å². The van der Waals surface area contributed by atoms with Gasteiger partial charge in [0, 0.05) is 42.2 Å². The Balaban J connectivity index is 2.07. The molecule has 0 bridgehead atoms. The highest BCUT2D eigenvalue weighted by molar-refractivity contribution is 9.10. The van der Waals surface area contributed by atoms with Crippen LogP contribution >= 0.6 is 15.9 Å². The molecule has 0 radical (unpaired) electrons. The second kappa shape index (κ2) is 6.04. The molecule has 0 spiro atoms. The predicted octanol–water partition coefficient (Wildman–Crippen LogP) is 3.39. The zero-order valence-corrected chi connectivity index (χ0v) is 14.6. The standard InChI is InChI=1S/C16H26BrN3/c1-12(18)13-5-6-15(14(17)11-13)19-7-9-20(10-8-19)16(2,3)4/h5-6,11-12H,7-10,18H2,1-4H3/t12-/m1/s1. The normalized spacial score (nSPS) is 19.2. The molecule has 1 saturated heterocycles. The first-order valence-corrected chi connectivity index (χ1v) is 8.13. The zero-order chi connectivity index (χ0) is 14.9. The number of piperazine rings is 1. The van der Waals surface area contributed by atoms with E-state index in [9.17, 15) is 0 Å². The fraction of sp³-hybridized carbons (Fsp3) is 0.625. The van der Waals surface area contributed by atoms with Gasteiger partial charge in [-0.25, -0.2) is 0 Å². The van der Waals surface area contributed by atoms with Gasteiger partial charge in [0.05, 0.1) is 5.69 Å². The lowest BCUT2D eigenvalue weighted by atomic mass is 10.0. The van der Waals surface area contributed by atoms with E-state index in [2.05, 4.69) is 64.7 Å². The third-order valence-electron chi connectivity index (χ3n) is 4.07. The van der Waals surface area contributed by atoms with Gasteiger partial charge in [0.25, 0.3) is 0 Å². The number of nitrogens with two attached hydrogens (primary N) is 1. The molecule has 0 aliphatic carbocycles. The van der Waals surface area contributed by atoms with Crippen LogP contribution in [0.1, 0.15) is 39.3 Å². The van der Waals surface area contributed by atoms with Crippen molar-refractivity contribution >= 4 is 21.6 Å². The summed E-state index contributed by atoms with van der Waals surface area (Å²) in [7, 11) is 0. The summed E-state index contributed by atoms with van der Waals surface area (Å²) >= 11 is 3.69. The molecule has 20 heavy (non-hydrogen) atoms. The summed E-state index contributed by atoms with van der Waals surface area (Å²) in [5.74, 6) is 0. The van der Waals surface area contributed by atoms with Gasteiger partial charge in [-0.05, 0) is 61.3 Å². The Morgan fingerprint density at radius 2 is 1.75 bits per heavy atom. The van der Waals surface area contributed by atoms with Crippen molar-refractivity contribution in [2.75, 3.05) is 31.1 Å². The third kappa shape index (κ3) is 3.54. The van der Waals surface area contributed by atoms with Crippen LogP contribution in [0.15, 0.2) is 22.7 Å². The minimum Gasteiger partial charge on any atom is -0.368 e. The zero-order valence-electron chi connectivity index (χ0n) is 13.0. The molecule has 2 N–H and O–H groups in total.